The zero-order chi connectivity index (χ0) is 14.7. The lowest BCUT2D eigenvalue weighted by Crippen LogP contribution is -2.17. The normalized spacial score (nSPS) is 10.6. The molecule has 0 radical (unpaired) electrons. The average Bonchev–Trinajstić information content (AvgIpc) is 2.74. The number of aryl methyl sites for hydroxylation is 1. The van der Waals surface area contributed by atoms with Crippen LogP contribution in [-0.2, 0) is 6.54 Å². The minimum absolute atomic E-state index is 0.0854. The Hall–Kier alpha value is -2.01. The van der Waals surface area contributed by atoms with Gasteiger partial charge in [-0.3, -0.25) is 4.79 Å². The molecule has 0 atom stereocenters. The van der Waals surface area contributed by atoms with Crippen LogP contribution in [0.3, 0.4) is 0 Å². The fourth-order valence-electron chi connectivity index (χ4n) is 1.93. The third kappa shape index (κ3) is 3.11. The number of nitrogens with zero attached hydrogens (tertiary/aromatic N) is 1. The molecule has 0 aliphatic heterocycles. The number of anilines is 2. The predicted octanol–water partition coefficient (Wildman–Crippen LogP) is 3.53. The summed E-state index contributed by atoms with van der Waals surface area (Å²) in [6.45, 7) is 2.67. The molecule has 1 heterocycles. The molecular weight excluding hydrogens is 281 g/mol. The Morgan fingerprint density at radius 1 is 1.45 bits per heavy atom. The van der Waals surface area contributed by atoms with Crippen LogP contribution in [0.1, 0.15) is 23.8 Å². The number of nitrogen functional groups attached to an aromatic ring is 1. The van der Waals surface area contributed by atoms with Crippen LogP contribution in [0.2, 0.25) is 5.02 Å². The van der Waals surface area contributed by atoms with Crippen LogP contribution in [0.4, 0.5) is 15.8 Å². The molecule has 1 aromatic carbocycles. The van der Waals surface area contributed by atoms with Crippen LogP contribution < -0.4 is 11.1 Å². The molecule has 0 fully saturated rings. The van der Waals surface area contributed by atoms with E-state index in [1.165, 1.54) is 12.1 Å². The van der Waals surface area contributed by atoms with Crippen LogP contribution >= 0.6 is 11.6 Å². The van der Waals surface area contributed by atoms with Gasteiger partial charge in [0, 0.05) is 17.8 Å². The Kier molecular flexibility index (Phi) is 4.29. The standard InChI is InChI=1S/C14H15ClFN3O/c1-2-5-19-8-10(17)7-13(19)14(20)18-12-4-3-9(15)6-11(12)16/h3-4,6-8H,2,5,17H2,1H3,(H,18,20). The summed E-state index contributed by atoms with van der Waals surface area (Å²) in [5, 5.41) is 2.79. The van der Waals surface area contributed by atoms with Gasteiger partial charge in [-0.15, -0.1) is 0 Å². The lowest BCUT2D eigenvalue weighted by atomic mass is 10.3. The number of hydrogen-bond donors (Lipinski definition) is 2. The van der Waals surface area contributed by atoms with E-state index >= 15 is 0 Å². The van der Waals surface area contributed by atoms with Crippen molar-refractivity contribution in [1.82, 2.24) is 4.57 Å². The first-order valence-electron chi connectivity index (χ1n) is 6.23. The van der Waals surface area contributed by atoms with Crippen molar-refractivity contribution in [2.75, 3.05) is 11.1 Å². The monoisotopic (exact) mass is 295 g/mol. The summed E-state index contributed by atoms with van der Waals surface area (Å²) in [7, 11) is 0. The third-order valence-corrected chi connectivity index (χ3v) is 3.03. The Balaban J connectivity index is 2.23. The van der Waals surface area contributed by atoms with Gasteiger partial charge in [0.1, 0.15) is 11.5 Å². The molecule has 1 aromatic heterocycles. The first kappa shape index (κ1) is 14.4. The van der Waals surface area contributed by atoms with Crippen molar-refractivity contribution in [3.05, 3.63) is 47.0 Å². The first-order chi connectivity index (χ1) is 9.51. The maximum absolute atomic E-state index is 13.6. The van der Waals surface area contributed by atoms with Crippen molar-refractivity contribution in [3.8, 4) is 0 Å². The van der Waals surface area contributed by atoms with Gasteiger partial charge in [0.15, 0.2) is 0 Å². The number of rotatable bonds is 4. The minimum atomic E-state index is -0.576. The molecule has 20 heavy (non-hydrogen) atoms. The highest BCUT2D eigenvalue weighted by molar-refractivity contribution is 6.30. The maximum atomic E-state index is 13.6. The summed E-state index contributed by atoms with van der Waals surface area (Å²) in [6.07, 6.45) is 2.56. The Morgan fingerprint density at radius 2 is 2.20 bits per heavy atom. The molecule has 3 N–H and O–H groups in total. The predicted molar refractivity (Wildman–Crippen MR) is 78.5 cm³/mol. The fourth-order valence-corrected chi connectivity index (χ4v) is 2.09. The van der Waals surface area contributed by atoms with Crippen molar-refractivity contribution in [1.29, 1.82) is 0 Å². The molecule has 4 nitrogen and oxygen atoms in total. The van der Waals surface area contributed by atoms with Crippen molar-refractivity contribution in [3.63, 3.8) is 0 Å². The summed E-state index contributed by atoms with van der Waals surface area (Å²) >= 11 is 5.67. The van der Waals surface area contributed by atoms with Gasteiger partial charge in [0.25, 0.3) is 5.91 Å². The smallest absolute Gasteiger partial charge is 0.272 e. The van der Waals surface area contributed by atoms with Gasteiger partial charge in [-0.2, -0.15) is 0 Å². The van der Waals surface area contributed by atoms with Gasteiger partial charge < -0.3 is 15.6 Å². The second-order valence-electron chi connectivity index (χ2n) is 4.43. The Labute approximate surface area is 121 Å². The molecule has 0 saturated heterocycles. The second kappa shape index (κ2) is 5.96. The topological polar surface area (TPSA) is 60.0 Å². The summed E-state index contributed by atoms with van der Waals surface area (Å²) in [6, 6.07) is 5.65. The van der Waals surface area contributed by atoms with Crippen molar-refractivity contribution >= 4 is 28.9 Å². The molecule has 1 amide bonds. The van der Waals surface area contributed by atoms with Crippen molar-refractivity contribution in [2.24, 2.45) is 0 Å². The van der Waals surface area contributed by atoms with Crippen LogP contribution in [0, 0.1) is 5.82 Å². The molecule has 0 bridgehead atoms. The highest BCUT2D eigenvalue weighted by Crippen LogP contribution is 2.20. The molecule has 2 rings (SSSR count). The number of nitrogens with one attached hydrogen (secondary N) is 1. The Bertz CT molecular complexity index is 639. The van der Waals surface area contributed by atoms with Gasteiger partial charge in [-0.05, 0) is 30.7 Å². The van der Waals surface area contributed by atoms with E-state index in [1.54, 1.807) is 16.8 Å². The molecule has 6 heteroatoms. The van der Waals surface area contributed by atoms with Gasteiger partial charge in [-0.1, -0.05) is 18.5 Å². The summed E-state index contributed by atoms with van der Waals surface area (Å²) in [5.74, 6) is -0.983. The molecule has 106 valence electrons. The highest BCUT2D eigenvalue weighted by atomic mass is 35.5. The zero-order valence-electron chi connectivity index (χ0n) is 11.0. The molecular formula is C14H15ClFN3O. The van der Waals surface area contributed by atoms with Crippen LogP contribution in [0.15, 0.2) is 30.5 Å². The van der Waals surface area contributed by atoms with E-state index in [2.05, 4.69) is 5.32 Å². The molecule has 0 spiro atoms. The summed E-state index contributed by atoms with van der Waals surface area (Å²) in [5.41, 5.74) is 6.69. The number of benzene rings is 1. The van der Waals surface area contributed by atoms with Crippen molar-refractivity contribution < 1.29 is 9.18 Å². The number of carbonyl (C=O) groups excluding carboxylic acids is 1. The number of carbonyl (C=O) groups is 1. The van der Waals surface area contributed by atoms with Crippen LogP contribution in [0.5, 0.6) is 0 Å². The summed E-state index contributed by atoms with van der Waals surface area (Å²) in [4.78, 5) is 12.2. The van der Waals surface area contributed by atoms with E-state index in [0.29, 0.717) is 17.9 Å². The van der Waals surface area contributed by atoms with Crippen LogP contribution in [0.25, 0.3) is 0 Å². The largest absolute Gasteiger partial charge is 0.397 e. The van der Waals surface area contributed by atoms with Crippen LogP contribution in [-0.4, -0.2) is 10.5 Å². The number of halogens is 2. The average molecular weight is 296 g/mol. The van der Waals surface area contributed by atoms with Gasteiger partial charge in [0.05, 0.1) is 11.4 Å². The van der Waals surface area contributed by atoms with Gasteiger partial charge in [-0.25, -0.2) is 4.39 Å². The molecule has 0 aliphatic carbocycles. The Morgan fingerprint density at radius 3 is 2.85 bits per heavy atom. The zero-order valence-corrected chi connectivity index (χ0v) is 11.7. The first-order valence-corrected chi connectivity index (χ1v) is 6.61. The number of hydrogen-bond acceptors (Lipinski definition) is 2. The van der Waals surface area contributed by atoms with Crippen molar-refractivity contribution in [2.45, 2.75) is 19.9 Å². The van der Waals surface area contributed by atoms with Gasteiger partial charge >= 0.3 is 0 Å². The van der Waals surface area contributed by atoms with E-state index in [1.807, 2.05) is 6.92 Å². The van der Waals surface area contributed by atoms with Gasteiger partial charge in [0.2, 0.25) is 0 Å². The number of aromatic nitrogens is 1. The second-order valence-corrected chi connectivity index (χ2v) is 4.87. The van der Waals surface area contributed by atoms with E-state index in [4.69, 9.17) is 17.3 Å². The fraction of sp³-hybridized carbons (Fsp3) is 0.214. The molecule has 0 saturated carbocycles. The van der Waals surface area contributed by atoms with E-state index in [0.717, 1.165) is 12.5 Å². The molecule has 0 unspecified atom stereocenters. The SMILES string of the molecule is CCCn1cc(N)cc1C(=O)Nc1ccc(Cl)cc1F. The maximum Gasteiger partial charge on any atom is 0.272 e. The highest BCUT2D eigenvalue weighted by Gasteiger charge is 2.14. The van der Waals surface area contributed by atoms with E-state index in [-0.39, 0.29) is 10.7 Å². The quantitative estimate of drug-likeness (QED) is 0.906. The number of nitrogens with two attached hydrogens (primary N) is 1. The van der Waals surface area contributed by atoms with E-state index in [9.17, 15) is 9.18 Å². The lowest BCUT2D eigenvalue weighted by molar-refractivity contribution is 0.101. The molecule has 0 aliphatic rings. The minimum Gasteiger partial charge on any atom is -0.397 e. The lowest BCUT2D eigenvalue weighted by Gasteiger charge is -2.09. The third-order valence-electron chi connectivity index (χ3n) is 2.79. The molecule has 2 aromatic rings. The number of amides is 1. The van der Waals surface area contributed by atoms with E-state index < -0.39 is 11.7 Å². The summed E-state index contributed by atoms with van der Waals surface area (Å²) < 4.78 is 15.4.